The number of rotatable bonds is 4. The fraction of sp³-hybridized carbons (Fsp3) is 0.950. The van der Waals surface area contributed by atoms with E-state index in [0.717, 1.165) is 43.9 Å². The Labute approximate surface area is 176 Å². The van der Waals surface area contributed by atoms with Gasteiger partial charge in [-0.15, -0.1) is 24.0 Å². The zero-order valence-electron chi connectivity index (χ0n) is 16.8. The average Bonchev–Trinajstić information content (AvgIpc) is 2.57. The van der Waals surface area contributed by atoms with Gasteiger partial charge in [-0.1, -0.05) is 26.2 Å². The molecule has 1 aliphatic carbocycles. The van der Waals surface area contributed by atoms with Crippen molar-refractivity contribution in [3.8, 4) is 0 Å². The summed E-state index contributed by atoms with van der Waals surface area (Å²) in [5.74, 6) is 0.939. The smallest absolute Gasteiger partial charge is 0.191 e. The highest BCUT2D eigenvalue weighted by molar-refractivity contribution is 14.0. The highest BCUT2D eigenvalue weighted by atomic mass is 127. The third kappa shape index (κ3) is 5.25. The van der Waals surface area contributed by atoms with Crippen LogP contribution in [0.15, 0.2) is 4.99 Å². The lowest BCUT2D eigenvalue weighted by molar-refractivity contribution is 0.00711. The second kappa shape index (κ2) is 9.92. The molecule has 0 aromatic carbocycles. The predicted octanol–water partition coefficient (Wildman–Crippen LogP) is 3.12. The van der Waals surface area contributed by atoms with Crippen LogP contribution in [0.1, 0.15) is 71.6 Å². The van der Waals surface area contributed by atoms with Crippen molar-refractivity contribution in [2.75, 3.05) is 20.1 Å². The third-order valence-corrected chi connectivity index (χ3v) is 6.90. The van der Waals surface area contributed by atoms with Gasteiger partial charge in [0.2, 0.25) is 0 Å². The van der Waals surface area contributed by atoms with Crippen molar-refractivity contribution in [1.29, 1.82) is 0 Å². The van der Waals surface area contributed by atoms with Gasteiger partial charge in [0.15, 0.2) is 5.96 Å². The van der Waals surface area contributed by atoms with E-state index in [1.54, 1.807) is 0 Å². The molecule has 26 heavy (non-hydrogen) atoms. The lowest BCUT2D eigenvalue weighted by Crippen LogP contribution is -2.56. The Balaban J connectivity index is 0.00000243. The van der Waals surface area contributed by atoms with E-state index in [1.807, 2.05) is 0 Å². The second-order valence-corrected chi connectivity index (χ2v) is 8.83. The molecular formula is C20H39IN4O. The van der Waals surface area contributed by atoms with E-state index in [0.29, 0.717) is 12.6 Å². The summed E-state index contributed by atoms with van der Waals surface area (Å²) >= 11 is 0. The molecule has 0 amide bonds. The minimum Gasteiger partial charge on any atom is -0.392 e. The van der Waals surface area contributed by atoms with E-state index in [9.17, 15) is 5.11 Å². The predicted molar refractivity (Wildman–Crippen MR) is 119 cm³/mol. The number of nitrogens with one attached hydrogen (secondary N) is 2. The molecule has 0 aromatic rings. The van der Waals surface area contributed by atoms with Gasteiger partial charge in [-0.3, -0.25) is 4.99 Å². The average molecular weight is 478 g/mol. The van der Waals surface area contributed by atoms with E-state index in [4.69, 9.17) is 4.99 Å². The summed E-state index contributed by atoms with van der Waals surface area (Å²) in [5, 5.41) is 17.5. The lowest BCUT2D eigenvalue weighted by Gasteiger charge is -2.47. The van der Waals surface area contributed by atoms with Gasteiger partial charge in [-0.05, 0) is 52.5 Å². The number of halogens is 1. The van der Waals surface area contributed by atoms with E-state index < -0.39 is 0 Å². The number of aliphatic imine (C=N–C) groups is 1. The van der Waals surface area contributed by atoms with Gasteiger partial charge in [0.05, 0.1) is 12.6 Å². The van der Waals surface area contributed by atoms with Crippen LogP contribution < -0.4 is 10.6 Å². The van der Waals surface area contributed by atoms with Crippen molar-refractivity contribution < 1.29 is 5.11 Å². The van der Waals surface area contributed by atoms with Gasteiger partial charge in [0, 0.05) is 30.1 Å². The van der Waals surface area contributed by atoms with Crippen LogP contribution in [-0.4, -0.2) is 60.3 Å². The summed E-state index contributed by atoms with van der Waals surface area (Å²) in [6.45, 7) is 5.91. The maximum absolute atomic E-state index is 10.4. The molecule has 4 unspecified atom stereocenters. The summed E-state index contributed by atoms with van der Waals surface area (Å²) in [7, 11) is 2.30. The van der Waals surface area contributed by atoms with Crippen molar-refractivity contribution >= 4 is 29.9 Å². The molecule has 2 saturated heterocycles. The van der Waals surface area contributed by atoms with Gasteiger partial charge in [-0.25, -0.2) is 0 Å². The van der Waals surface area contributed by atoms with Crippen LogP contribution in [0.4, 0.5) is 0 Å². The van der Waals surface area contributed by atoms with Gasteiger partial charge in [0.1, 0.15) is 0 Å². The first-order valence-corrected chi connectivity index (χ1v) is 10.5. The van der Waals surface area contributed by atoms with E-state index in [2.05, 4.69) is 36.4 Å². The minimum absolute atomic E-state index is 0. The van der Waals surface area contributed by atoms with Gasteiger partial charge >= 0.3 is 0 Å². The molecule has 1 saturated carbocycles. The first-order chi connectivity index (χ1) is 12.0. The quantitative estimate of drug-likeness (QED) is 0.330. The molecule has 5 nitrogen and oxygen atoms in total. The number of fused-ring (bicyclic) bond motifs is 2. The molecular weight excluding hydrogens is 439 g/mol. The molecule has 2 aliphatic heterocycles. The topological polar surface area (TPSA) is 59.9 Å². The Hall–Kier alpha value is -0.0800. The van der Waals surface area contributed by atoms with Gasteiger partial charge in [-0.2, -0.15) is 0 Å². The van der Waals surface area contributed by atoms with Crippen molar-refractivity contribution in [2.45, 2.75) is 95.9 Å². The SMILES string of the molecule is CCNC(=NCC1(C)CCCCC1O)NC1CC2CCCC(C1)N2C.I. The number of piperidine rings is 2. The molecule has 4 atom stereocenters. The van der Waals surface area contributed by atoms with Crippen molar-refractivity contribution in [3.63, 3.8) is 0 Å². The normalized spacial score (nSPS) is 38.4. The molecule has 152 valence electrons. The lowest BCUT2D eigenvalue weighted by atomic mass is 9.73. The zero-order valence-corrected chi connectivity index (χ0v) is 19.2. The van der Waals surface area contributed by atoms with Gasteiger partial charge < -0.3 is 20.6 Å². The first-order valence-electron chi connectivity index (χ1n) is 10.5. The fourth-order valence-corrected chi connectivity index (χ4v) is 5.07. The van der Waals surface area contributed by atoms with E-state index in [1.165, 1.54) is 38.5 Å². The summed E-state index contributed by atoms with van der Waals surface area (Å²) in [6.07, 6.45) is 10.7. The zero-order chi connectivity index (χ0) is 17.9. The Bertz CT molecular complexity index is 461. The van der Waals surface area contributed by atoms with E-state index >= 15 is 0 Å². The monoisotopic (exact) mass is 478 g/mol. The Kier molecular flexibility index (Phi) is 8.47. The number of hydrogen-bond donors (Lipinski definition) is 3. The number of aliphatic hydroxyl groups is 1. The largest absolute Gasteiger partial charge is 0.392 e. The molecule has 3 rings (SSSR count). The van der Waals surface area contributed by atoms with Crippen LogP contribution >= 0.6 is 24.0 Å². The molecule has 6 heteroatoms. The summed E-state index contributed by atoms with van der Waals surface area (Å²) in [5.41, 5.74) is -0.0656. The van der Waals surface area contributed by atoms with E-state index in [-0.39, 0.29) is 35.5 Å². The van der Waals surface area contributed by atoms with Crippen molar-refractivity contribution in [2.24, 2.45) is 10.4 Å². The standard InChI is InChI=1S/C20H38N4O.HI/c1-4-21-19(22-14-20(2)11-6-5-10-18(20)25)23-15-12-16-8-7-9-17(13-15)24(16)3;/h15-18,25H,4-14H2,1-3H3,(H2,21,22,23);1H. The van der Waals surface area contributed by atoms with Crippen LogP contribution in [0.3, 0.4) is 0 Å². The first kappa shape index (κ1) is 22.2. The molecule has 0 radical (unpaired) electrons. The number of aliphatic hydroxyl groups excluding tert-OH is 1. The highest BCUT2D eigenvalue weighted by Crippen LogP contribution is 2.36. The molecule has 3 N–H and O–H groups in total. The van der Waals surface area contributed by atoms with Crippen LogP contribution in [0.2, 0.25) is 0 Å². The Morgan fingerprint density at radius 1 is 1.15 bits per heavy atom. The summed E-state index contributed by atoms with van der Waals surface area (Å²) < 4.78 is 0. The molecule has 2 heterocycles. The fourth-order valence-electron chi connectivity index (χ4n) is 5.07. The van der Waals surface area contributed by atoms with Crippen molar-refractivity contribution in [3.05, 3.63) is 0 Å². The summed E-state index contributed by atoms with van der Waals surface area (Å²) in [6, 6.07) is 1.98. The number of hydrogen-bond acceptors (Lipinski definition) is 3. The van der Waals surface area contributed by atoms with Crippen LogP contribution in [-0.2, 0) is 0 Å². The van der Waals surface area contributed by atoms with Gasteiger partial charge in [0.25, 0.3) is 0 Å². The van der Waals surface area contributed by atoms with Crippen LogP contribution in [0.5, 0.6) is 0 Å². The number of guanidine groups is 1. The minimum atomic E-state index is -0.212. The highest BCUT2D eigenvalue weighted by Gasteiger charge is 2.37. The number of nitrogens with zero attached hydrogens (tertiary/aromatic N) is 2. The Morgan fingerprint density at radius 3 is 2.46 bits per heavy atom. The maximum Gasteiger partial charge on any atom is 0.191 e. The summed E-state index contributed by atoms with van der Waals surface area (Å²) in [4.78, 5) is 7.49. The van der Waals surface area contributed by atoms with Crippen LogP contribution in [0, 0.1) is 5.41 Å². The molecule has 3 aliphatic rings. The maximum atomic E-state index is 10.4. The molecule has 2 bridgehead atoms. The Morgan fingerprint density at radius 2 is 1.85 bits per heavy atom. The van der Waals surface area contributed by atoms with Crippen molar-refractivity contribution in [1.82, 2.24) is 15.5 Å². The second-order valence-electron chi connectivity index (χ2n) is 8.83. The molecule has 3 fully saturated rings. The van der Waals surface area contributed by atoms with Crippen LogP contribution in [0.25, 0.3) is 0 Å². The molecule has 0 aromatic heterocycles. The molecule has 0 spiro atoms. The third-order valence-electron chi connectivity index (χ3n) is 6.90.